The molecule has 20 heavy (non-hydrogen) atoms. The van der Waals surface area contributed by atoms with Gasteiger partial charge in [0.25, 0.3) is 0 Å². The Morgan fingerprint density at radius 3 is 3.05 bits per heavy atom. The summed E-state index contributed by atoms with van der Waals surface area (Å²) in [6, 6.07) is 6.87. The molecule has 0 aromatic heterocycles. The molecule has 1 N–H and O–H groups in total. The molecule has 1 heterocycles. The molecule has 0 amide bonds. The molecular weight excluding hydrogens is 250 g/mol. The summed E-state index contributed by atoms with van der Waals surface area (Å²) in [6.07, 6.45) is 4.40. The van der Waals surface area contributed by atoms with Crippen molar-refractivity contribution in [2.45, 2.75) is 45.6 Å². The number of para-hydroxylation sites is 1. The van der Waals surface area contributed by atoms with Crippen molar-refractivity contribution in [2.75, 3.05) is 26.4 Å². The second kappa shape index (κ2) is 8.28. The predicted octanol–water partition coefficient (Wildman–Crippen LogP) is 3.48. The van der Waals surface area contributed by atoms with Crippen molar-refractivity contribution in [1.29, 1.82) is 0 Å². The van der Waals surface area contributed by atoms with Gasteiger partial charge in [-0.2, -0.15) is 0 Å². The number of hydrogen-bond donors (Lipinski definition) is 1. The highest BCUT2D eigenvalue weighted by Gasteiger charge is 2.20. The van der Waals surface area contributed by atoms with Gasteiger partial charge >= 0.3 is 0 Å². The second-order valence-electron chi connectivity index (χ2n) is 5.28. The van der Waals surface area contributed by atoms with E-state index < -0.39 is 0 Å². The van der Waals surface area contributed by atoms with Crippen LogP contribution in [0.15, 0.2) is 18.2 Å². The van der Waals surface area contributed by atoms with Gasteiger partial charge in [0.15, 0.2) is 0 Å². The number of hydrogen-bond acceptors (Lipinski definition) is 3. The lowest BCUT2D eigenvalue weighted by Crippen LogP contribution is -2.25. The molecule has 1 aliphatic rings. The summed E-state index contributed by atoms with van der Waals surface area (Å²) in [4.78, 5) is 0. The normalized spacial score (nSPS) is 15.5. The second-order valence-corrected chi connectivity index (χ2v) is 5.28. The van der Waals surface area contributed by atoms with Gasteiger partial charge in [0.1, 0.15) is 5.75 Å². The number of nitrogens with one attached hydrogen (secondary N) is 1. The van der Waals surface area contributed by atoms with E-state index in [1.54, 1.807) is 0 Å². The van der Waals surface area contributed by atoms with Crippen LogP contribution in [-0.4, -0.2) is 26.4 Å². The van der Waals surface area contributed by atoms with E-state index in [1.165, 1.54) is 11.1 Å². The summed E-state index contributed by atoms with van der Waals surface area (Å²) >= 11 is 0. The Balaban J connectivity index is 2.14. The zero-order valence-electron chi connectivity index (χ0n) is 12.8. The maximum absolute atomic E-state index is 5.94. The maximum atomic E-state index is 5.94. The van der Waals surface area contributed by atoms with Crippen LogP contribution >= 0.6 is 0 Å². The first kappa shape index (κ1) is 15.3. The van der Waals surface area contributed by atoms with E-state index in [-0.39, 0.29) is 0 Å². The number of fused-ring (bicyclic) bond motifs is 1. The zero-order chi connectivity index (χ0) is 14.2. The summed E-state index contributed by atoms with van der Waals surface area (Å²) in [5, 5.41) is 3.63. The Kier molecular flexibility index (Phi) is 6.34. The SMILES string of the molecule is CCCNC(CCOCC)c1cccc2c1OCCC2. The van der Waals surface area contributed by atoms with Crippen molar-refractivity contribution >= 4 is 0 Å². The summed E-state index contributed by atoms with van der Waals surface area (Å²) < 4.78 is 11.5. The largest absolute Gasteiger partial charge is 0.493 e. The van der Waals surface area contributed by atoms with E-state index in [2.05, 4.69) is 30.4 Å². The molecule has 3 heteroatoms. The third-order valence-electron chi connectivity index (χ3n) is 3.74. The Morgan fingerprint density at radius 2 is 2.25 bits per heavy atom. The van der Waals surface area contributed by atoms with Crippen molar-refractivity contribution in [3.05, 3.63) is 29.3 Å². The Bertz CT molecular complexity index is 406. The molecule has 1 aromatic carbocycles. The van der Waals surface area contributed by atoms with Gasteiger partial charge in [-0.05, 0) is 44.7 Å². The molecule has 0 spiro atoms. The fraction of sp³-hybridized carbons (Fsp3) is 0.647. The Morgan fingerprint density at radius 1 is 1.35 bits per heavy atom. The quantitative estimate of drug-likeness (QED) is 0.738. The number of aryl methyl sites for hydroxylation is 1. The zero-order valence-corrected chi connectivity index (χ0v) is 12.8. The number of ether oxygens (including phenoxy) is 2. The first-order valence-corrected chi connectivity index (χ1v) is 7.92. The lowest BCUT2D eigenvalue weighted by atomic mass is 9.96. The van der Waals surface area contributed by atoms with Crippen molar-refractivity contribution in [3.8, 4) is 5.75 Å². The first-order chi connectivity index (χ1) is 9.86. The number of benzene rings is 1. The van der Waals surface area contributed by atoms with Gasteiger partial charge < -0.3 is 14.8 Å². The lowest BCUT2D eigenvalue weighted by molar-refractivity contribution is 0.136. The van der Waals surface area contributed by atoms with Crippen LogP contribution in [0.4, 0.5) is 0 Å². The molecule has 0 saturated carbocycles. The smallest absolute Gasteiger partial charge is 0.127 e. The highest BCUT2D eigenvalue weighted by Crippen LogP contribution is 2.34. The minimum absolute atomic E-state index is 0.328. The summed E-state index contributed by atoms with van der Waals surface area (Å²) in [6.45, 7) is 7.69. The third kappa shape index (κ3) is 3.97. The van der Waals surface area contributed by atoms with Gasteiger partial charge in [0.05, 0.1) is 6.61 Å². The van der Waals surface area contributed by atoms with Crippen LogP contribution in [0.1, 0.15) is 50.3 Å². The predicted molar refractivity (Wildman–Crippen MR) is 82.4 cm³/mol. The molecule has 1 aromatic rings. The minimum atomic E-state index is 0.328. The van der Waals surface area contributed by atoms with Gasteiger partial charge in [-0.15, -0.1) is 0 Å². The van der Waals surface area contributed by atoms with Crippen LogP contribution in [0.3, 0.4) is 0 Å². The van der Waals surface area contributed by atoms with Gasteiger partial charge in [-0.25, -0.2) is 0 Å². The van der Waals surface area contributed by atoms with Crippen LogP contribution in [0.25, 0.3) is 0 Å². The molecule has 0 saturated heterocycles. The van der Waals surface area contributed by atoms with E-state index >= 15 is 0 Å². The van der Waals surface area contributed by atoms with Crippen LogP contribution in [0, 0.1) is 0 Å². The Hall–Kier alpha value is -1.06. The highest BCUT2D eigenvalue weighted by atomic mass is 16.5. The molecule has 0 aliphatic carbocycles. The molecule has 1 unspecified atom stereocenters. The van der Waals surface area contributed by atoms with Gasteiger partial charge in [0, 0.05) is 24.8 Å². The fourth-order valence-corrected chi connectivity index (χ4v) is 2.72. The molecule has 0 fully saturated rings. The molecule has 3 nitrogen and oxygen atoms in total. The number of rotatable bonds is 8. The van der Waals surface area contributed by atoms with Crippen molar-refractivity contribution in [1.82, 2.24) is 5.32 Å². The van der Waals surface area contributed by atoms with Crippen LogP contribution < -0.4 is 10.1 Å². The van der Waals surface area contributed by atoms with E-state index in [9.17, 15) is 0 Å². The maximum Gasteiger partial charge on any atom is 0.127 e. The van der Waals surface area contributed by atoms with E-state index in [0.717, 1.165) is 57.8 Å². The van der Waals surface area contributed by atoms with Gasteiger partial charge in [0.2, 0.25) is 0 Å². The van der Waals surface area contributed by atoms with Crippen LogP contribution in [0.5, 0.6) is 5.75 Å². The Labute approximate surface area is 122 Å². The fourth-order valence-electron chi connectivity index (χ4n) is 2.72. The highest BCUT2D eigenvalue weighted by molar-refractivity contribution is 5.44. The molecule has 0 bridgehead atoms. The molecule has 1 aliphatic heterocycles. The molecule has 112 valence electrons. The molecular formula is C17H27NO2. The summed E-state index contributed by atoms with van der Waals surface area (Å²) in [5.74, 6) is 1.11. The standard InChI is InChI=1S/C17H27NO2/c1-3-11-18-16(10-13-19-4-2)15-9-5-7-14-8-6-12-20-17(14)15/h5,7,9,16,18H,3-4,6,8,10-13H2,1-2H3. The van der Waals surface area contributed by atoms with E-state index in [1.807, 2.05) is 6.92 Å². The lowest BCUT2D eigenvalue weighted by Gasteiger charge is -2.26. The van der Waals surface area contributed by atoms with Crippen LogP contribution in [0.2, 0.25) is 0 Å². The van der Waals surface area contributed by atoms with Gasteiger partial charge in [-0.3, -0.25) is 0 Å². The molecule has 0 radical (unpaired) electrons. The molecule has 2 rings (SSSR count). The third-order valence-corrected chi connectivity index (χ3v) is 3.74. The monoisotopic (exact) mass is 277 g/mol. The first-order valence-electron chi connectivity index (χ1n) is 7.92. The van der Waals surface area contributed by atoms with Crippen molar-refractivity contribution < 1.29 is 9.47 Å². The average Bonchev–Trinajstić information content (AvgIpc) is 2.50. The summed E-state index contributed by atoms with van der Waals surface area (Å²) in [7, 11) is 0. The van der Waals surface area contributed by atoms with Gasteiger partial charge in [-0.1, -0.05) is 25.1 Å². The van der Waals surface area contributed by atoms with Crippen LogP contribution in [-0.2, 0) is 11.2 Å². The van der Waals surface area contributed by atoms with Crippen molar-refractivity contribution in [2.24, 2.45) is 0 Å². The minimum Gasteiger partial charge on any atom is -0.493 e. The molecule has 1 atom stereocenters. The average molecular weight is 277 g/mol. The topological polar surface area (TPSA) is 30.5 Å². The van der Waals surface area contributed by atoms with E-state index in [0.29, 0.717) is 6.04 Å². The van der Waals surface area contributed by atoms with Crippen molar-refractivity contribution in [3.63, 3.8) is 0 Å². The van der Waals surface area contributed by atoms with E-state index in [4.69, 9.17) is 9.47 Å². The summed E-state index contributed by atoms with van der Waals surface area (Å²) in [5.41, 5.74) is 2.66.